The van der Waals surface area contributed by atoms with Crippen LogP contribution in [0.5, 0.6) is 5.75 Å². The van der Waals surface area contributed by atoms with E-state index in [0.29, 0.717) is 23.2 Å². The summed E-state index contributed by atoms with van der Waals surface area (Å²) in [5, 5.41) is 2.93. The fourth-order valence-corrected chi connectivity index (χ4v) is 3.45. The first-order valence-corrected chi connectivity index (χ1v) is 10.5. The first kappa shape index (κ1) is 20.7. The summed E-state index contributed by atoms with van der Waals surface area (Å²) in [5.41, 5.74) is 5.25. The van der Waals surface area contributed by atoms with Gasteiger partial charge in [0.2, 0.25) is 5.89 Å². The molecule has 0 aliphatic rings. The van der Waals surface area contributed by atoms with Crippen molar-refractivity contribution in [2.45, 2.75) is 33.1 Å². The number of carbonyl (C=O) groups excluding carboxylic acids is 1. The van der Waals surface area contributed by atoms with Gasteiger partial charge < -0.3 is 14.5 Å². The zero-order valence-corrected chi connectivity index (χ0v) is 18.0. The minimum Gasteiger partial charge on any atom is -0.484 e. The number of anilines is 1. The van der Waals surface area contributed by atoms with Crippen molar-refractivity contribution < 1.29 is 13.9 Å². The van der Waals surface area contributed by atoms with Crippen molar-refractivity contribution in [3.8, 4) is 17.2 Å². The van der Waals surface area contributed by atoms with Gasteiger partial charge in [-0.05, 0) is 66.8 Å². The predicted molar refractivity (Wildman–Crippen MR) is 123 cm³/mol. The van der Waals surface area contributed by atoms with E-state index < -0.39 is 0 Å². The molecule has 31 heavy (non-hydrogen) atoms. The highest BCUT2D eigenvalue weighted by Crippen LogP contribution is 2.30. The van der Waals surface area contributed by atoms with E-state index in [1.807, 2.05) is 61.5 Å². The highest BCUT2D eigenvalue weighted by Gasteiger charge is 2.14. The van der Waals surface area contributed by atoms with Gasteiger partial charge in [0.25, 0.3) is 5.91 Å². The van der Waals surface area contributed by atoms with Gasteiger partial charge in [0.05, 0.1) is 0 Å². The molecule has 0 spiro atoms. The minimum atomic E-state index is -0.219. The molecule has 0 aliphatic carbocycles. The number of hydrogen-bond donors (Lipinski definition) is 1. The molecule has 0 bridgehead atoms. The Bertz CT molecular complexity index is 1160. The van der Waals surface area contributed by atoms with Gasteiger partial charge in [-0.1, -0.05) is 44.2 Å². The Balaban J connectivity index is 1.43. The van der Waals surface area contributed by atoms with E-state index in [0.717, 1.165) is 28.6 Å². The summed E-state index contributed by atoms with van der Waals surface area (Å²) in [6.45, 7) is 6.24. The van der Waals surface area contributed by atoms with E-state index in [4.69, 9.17) is 9.15 Å². The summed E-state index contributed by atoms with van der Waals surface area (Å²) in [6.07, 6.45) is 1.09. The van der Waals surface area contributed by atoms with Gasteiger partial charge in [0.15, 0.2) is 12.2 Å². The van der Waals surface area contributed by atoms with Gasteiger partial charge in [-0.2, -0.15) is 0 Å². The lowest BCUT2D eigenvalue weighted by molar-refractivity contribution is -0.118. The number of nitrogens with zero attached hydrogens (tertiary/aromatic N) is 1. The average Bonchev–Trinajstić information content (AvgIpc) is 3.23. The molecule has 1 amide bonds. The van der Waals surface area contributed by atoms with Crippen LogP contribution in [-0.2, 0) is 4.79 Å². The highest BCUT2D eigenvalue weighted by molar-refractivity contribution is 5.93. The van der Waals surface area contributed by atoms with Crippen LogP contribution in [0.15, 0.2) is 71.1 Å². The van der Waals surface area contributed by atoms with Crippen LogP contribution in [0.3, 0.4) is 0 Å². The normalized spacial score (nSPS) is 12.0. The van der Waals surface area contributed by atoms with Crippen molar-refractivity contribution in [2.24, 2.45) is 0 Å². The van der Waals surface area contributed by atoms with E-state index in [9.17, 15) is 4.79 Å². The summed E-state index contributed by atoms with van der Waals surface area (Å²) in [6, 6.07) is 21.2. The van der Waals surface area contributed by atoms with Crippen LogP contribution in [0.1, 0.15) is 37.3 Å². The van der Waals surface area contributed by atoms with E-state index in [-0.39, 0.29) is 12.5 Å². The number of oxazole rings is 1. The molecule has 4 rings (SSSR count). The number of carbonyl (C=O) groups is 1. The number of para-hydroxylation sites is 2. The number of fused-ring (bicyclic) bond motifs is 1. The van der Waals surface area contributed by atoms with E-state index in [2.05, 4.69) is 36.3 Å². The van der Waals surface area contributed by atoms with Crippen molar-refractivity contribution in [2.75, 3.05) is 11.9 Å². The standard InChI is InChI=1S/C26H26N2O3/c1-4-17(2)19-12-14-20(15-13-19)30-16-25(29)27-22-10-7-8-21(18(22)3)26-28-23-9-5-6-11-24(23)31-26/h5-15,17H,4,16H2,1-3H3,(H,27,29)/t17-/m0/s1. The molecule has 0 saturated heterocycles. The molecule has 1 N–H and O–H groups in total. The Morgan fingerprint density at radius 1 is 1.06 bits per heavy atom. The second-order valence-electron chi connectivity index (χ2n) is 7.68. The third-order valence-electron chi connectivity index (χ3n) is 5.56. The van der Waals surface area contributed by atoms with E-state index in [1.54, 1.807) is 0 Å². The molecule has 0 aliphatic heterocycles. The van der Waals surface area contributed by atoms with Crippen LogP contribution < -0.4 is 10.1 Å². The SMILES string of the molecule is CC[C@H](C)c1ccc(OCC(=O)Nc2cccc(-c3nc4ccccc4o3)c2C)cc1. The summed E-state index contributed by atoms with van der Waals surface area (Å²) in [7, 11) is 0. The zero-order valence-electron chi connectivity index (χ0n) is 18.0. The third-order valence-corrected chi connectivity index (χ3v) is 5.56. The van der Waals surface area contributed by atoms with Crippen LogP contribution >= 0.6 is 0 Å². The number of hydrogen-bond acceptors (Lipinski definition) is 4. The molecule has 158 valence electrons. The molecule has 5 heteroatoms. The van der Waals surface area contributed by atoms with Crippen LogP contribution in [0.25, 0.3) is 22.6 Å². The van der Waals surface area contributed by atoms with E-state index in [1.165, 1.54) is 5.56 Å². The monoisotopic (exact) mass is 414 g/mol. The molecule has 1 heterocycles. The summed E-state index contributed by atoms with van der Waals surface area (Å²) in [5.74, 6) is 1.50. The molecular formula is C26H26N2O3. The Hall–Kier alpha value is -3.60. The quantitative estimate of drug-likeness (QED) is 0.383. The van der Waals surface area contributed by atoms with Gasteiger partial charge in [0.1, 0.15) is 11.3 Å². The molecular weight excluding hydrogens is 388 g/mol. The molecule has 0 saturated carbocycles. The Morgan fingerprint density at radius 3 is 2.58 bits per heavy atom. The predicted octanol–water partition coefficient (Wildman–Crippen LogP) is 6.33. The molecule has 0 fully saturated rings. The third kappa shape index (κ3) is 4.61. The molecule has 1 atom stereocenters. The fourth-order valence-electron chi connectivity index (χ4n) is 3.45. The fraction of sp³-hybridized carbons (Fsp3) is 0.231. The molecule has 5 nitrogen and oxygen atoms in total. The largest absolute Gasteiger partial charge is 0.484 e. The first-order valence-electron chi connectivity index (χ1n) is 10.5. The van der Waals surface area contributed by atoms with Crippen LogP contribution in [0.4, 0.5) is 5.69 Å². The van der Waals surface area contributed by atoms with Crippen molar-refractivity contribution in [3.05, 3.63) is 77.9 Å². The average molecular weight is 415 g/mol. The maximum Gasteiger partial charge on any atom is 0.262 e. The zero-order chi connectivity index (χ0) is 21.8. The lowest BCUT2D eigenvalue weighted by Gasteiger charge is -2.12. The maximum atomic E-state index is 12.5. The Labute approximate surface area is 182 Å². The number of nitrogens with one attached hydrogen (secondary N) is 1. The van der Waals surface area contributed by atoms with Crippen LogP contribution in [-0.4, -0.2) is 17.5 Å². The molecule has 3 aromatic carbocycles. The molecule has 0 radical (unpaired) electrons. The summed E-state index contributed by atoms with van der Waals surface area (Å²) >= 11 is 0. The van der Waals surface area contributed by atoms with Crippen LogP contribution in [0.2, 0.25) is 0 Å². The second kappa shape index (κ2) is 9.04. The minimum absolute atomic E-state index is 0.0603. The Morgan fingerprint density at radius 2 is 1.84 bits per heavy atom. The molecule has 4 aromatic rings. The highest BCUT2D eigenvalue weighted by atomic mass is 16.5. The Kier molecular flexibility index (Phi) is 6.03. The lowest BCUT2D eigenvalue weighted by Crippen LogP contribution is -2.20. The number of amides is 1. The van der Waals surface area contributed by atoms with Gasteiger partial charge in [-0.15, -0.1) is 0 Å². The smallest absolute Gasteiger partial charge is 0.262 e. The van der Waals surface area contributed by atoms with Gasteiger partial charge in [0, 0.05) is 11.3 Å². The van der Waals surface area contributed by atoms with Gasteiger partial charge in [-0.3, -0.25) is 4.79 Å². The van der Waals surface area contributed by atoms with Gasteiger partial charge >= 0.3 is 0 Å². The van der Waals surface area contributed by atoms with Crippen molar-refractivity contribution in [1.29, 1.82) is 0 Å². The maximum absolute atomic E-state index is 12.5. The number of aromatic nitrogens is 1. The summed E-state index contributed by atoms with van der Waals surface area (Å²) < 4.78 is 11.5. The van der Waals surface area contributed by atoms with Crippen LogP contribution in [0, 0.1) is 6.92 Å². The van der Waals surface area contributed by atoms with Crippen molar-refractivity contribution in [1.82, 2.24) is 4.98 Å². The molecule has 1 aromatic heterocycles. The lowest BCUT2D eigenvalue weighted by atomic mass is 9.99. The number of ether oxygens (including phenoxy) is 1. The second-order valence-corrected chi connectivity index (χ2v) is 7.68. The first-order chi connectivity index (χ1) is 15.0. The van der Waals surface area contributed by atoms with Crippen molar-refractivity contribution in [3.63, 3.8) is 0 Å². The topological polar surface area (TPSA) is 64.4 Å². The number of benzene rings is 3. The van der Waals surface area contributed by atoms with E-state index >= 15 is 0 Å². The summed E-state index contributed by atoms with van der Waals surface area (Å²) in [4.78, 5) is 17.0. The molecule has 0 unspecified atom stereocenters. The van der Waals surface area contributed by atoms with Crippen molar-refractivity contribution >= 4 is 22.7 Å². The van der Waals surface area contributed by atoms with Gasteiger partial charge in [-0.25, -0.2) is 4.98 Å². The number of rotatable bonds is 7.